The fourth-order valence-corrected chi connectivity index (χ4v) is 1.90. The quantitative estimate of drug-likeness (QED) is 0.863. The summed E-state index contributed by atoms with van der Waals surface area (Å²) >= 11 is 3.46. The molecule has 1 heterocycles. The first-order valence-corrected chi connectivity index (χ1v) is 5.35. The minimum absolute atomic E-state index is 0.134. The number of para-hydroxylation sites is 1. The molecule has 1 atom stereocenters. The van der Waals surface area contributed by atoms with E-state index in [1.165, 1.54) is 0 Å². The first kappa shape index (κ1) is 9.68. The van der Waals surface area contributed by atoms with Crippen molar-refractivity contribution < 1.29 is 0 Å². The molecule has 0 saturated carbocycles. The van der Waals surface area contributed by atoms with Gasteiger partial charge in [-0.2, -0.15) is 0 Å². The number of rotatable bonds is 2. The van der Waals surface area contributed by atoms with Gasteiger partial charge in [0.05, 0.1) is 5.52 Å². The standard InChI is InChI=1S/C10H12BrN3/c1-6(12)5-9-13-8-4-2-3-7(11)10(8)14-9/h2-4,6H,5,12H2,1H3,(H,13,14). The molecule has 1 aromatic heterocycles. The van der Waals surface area contributed by atoms with Gasteiger partial charge in [-0.25, -0.2) is 4.98 Å². The summed E-state index contributed by atoms with van der Waals surface area (Å²) in [5.74, 6) is 0.946. The van der Waals surface area contributed by atoms with Crippen LogP contribution in [0.5, 0.6) is 0 Å². The summed E-state index contributed by atoms with van der Waals surface area (Å²) in [5, 5.41) is 0. The molecule has 0 aliphatic rings. The molecule has 4 heteroatoms. The Morgan fingerprint density at radius 2 is 2.36 bits per heavy atom. The lowest BCUT2D eigenvalue weighted by Crippen LogP contribution is -2.18. The van der Waals surface area contributed by atoms with Crippen LogP contribution in [-0.2, 0) is 6.42 Å². The zero-order valence-corrected chi connectivity index (χ0v) is 9.51. The highest BCUT2D eigenvalue weighted by Gasteiger charge is 2.06. The lowest BCUT2D eigenvalue weighted by atomic mass is 10.2. The Balaban J connectivity index is 2.46. The van der Waals surface area contributed by atoms with E-state index in [2.05, 4.69) is 25.9 Å². The van der Waals surface area contributed by atoms with Gasteiger partial charge in [0.25, 0.3) is 0 Å². The third-order valence-electron chi connectivity index (χ3n) is 2.03. The van der Waals surface area contributed by atoms with Gasteiger partial charge in [-0.05, 0) is 35.0 Å². The lowest BCUT2D eigenvalue weighted by molar-refractivity contribution is 0.711. The molecule has 0 amide bonds. The maximum Gasteiger partial charge on any atom is 0.108 e. The molecule has 0 aliphatic carbocycles. The molecule has 0 fully saturated rings. The first-order chi connectivity index (χ1) is 6.66. The van der Waals surface area contributed by atoms with E-state index < -0.39 is 0 Å². The zero-order valence-electron chi connectivity index (χ0n) is 7.92. The van der Waals surface area contributed by atoms with Crippen LogP contribution in [0.25, 0.3) is 11.0 Å². The van der Waals surface area contributed by atoms with E-state index in [0.717, 1.165) is 27.8 Å². The van der Waals surface area contributed by atoms with Gasteiger partial charge in [0.15, 0.2) is 0 Å². The van der Waals surface area contributed by atoms with Crippen LogP contribution in [0.2, 0.25) is 0 Å². The summed E-state index contributed by atoms with van der Waals surface area (Å²) in [6.45, 7) is 1.97. The van der Waals surface area contributed by atoms with Gasteiger partial charge >= 0.3 is 0 Å². The lowest BCUT2D eigenvalue weighted by Gasteiger charge is -1.98. The largest absolute Gasteiger partial charge is 0.342 e. The van der Waals surface area contributed by atoms with Crippen molar-refractivity contribution in [3.8, 4) is 0 Å². The molecule has 74 valence electrons. The molecule has 3 nitrogen and oxygen atoms in total. The molecule has 14 heavy (non-hydrogen) atoms. The van der Waals surface area contributed by atoms with E-state index in [9.17, 15) is 0 Å². The first-order valence-electron chi connectivity index (χ1n) is 4.55. The van der Waals surface area contributed by atoms with E-state index in [1.54, 1.807) is 0 Å². The van der Waals surface area contributed by atoms with Gasteiger partial charge in [-0.1, -0.05) is 6.07 Å². The maximum atomic E-state index is 5.71. The molecule has 0 radical (unpaired) electrons. The summed E-state index contributed by atoms with van der Waals surface area (Å²) in [4.78, 5) is 7.72. The summed E-state index contributed by atoms with van der Waals surface area (Å²) in [6.07, 6.45) is 0.779. The number of imidazole rings is 1. The Bertz CT molecular complexity index is 448. The third-order valence-corrected chi connectivity index (χ3v) is 2.67. The van der Waals surface area contributed by atoms with Crippen LogP contribution < -0.4 is 5.73 Å². The number of benzene rings is 1. The van der Waals surface area contributed by atoms with Crippen molar-refractivity contribution in [2.75, 3.05) is 0 Å². The molecule has 2 aromatic rings. The Kier molecular flexibility index (Phi) is 2.56. The number of aromatic amines is 1. The second kappa shape index (κ2) is 3.71. The van der Waals surface area contributed by atoms with Crippen molar-refractivity contribution >= 4 is 27.0 Å². The molecule has 1 unspecified atom stereocenters. The van der Waals surface area contributed by atoms with Gasteiger partial charge in [0.1, 0.15) is 11.3 Å². The predicted molar refractivity (Wildman–Crippen MR) is 61.1 cm³/mol. The molecule has 0 spiro atoms. The number of hydrogen-bond donors (Lipinski definition) is 2. The van der Waals surface area contributed by atoms with Crippen LogP contribution in [0.3, 0.4) is 0 Å². The number of nitrogens with two attached hydrogens (primary N) is 1. The van der Waals surface area contributed by atoms with Gasteiger partial charge in [-0.3, -0.25) is 0 Å². The Morgan fingerprint density at radius 1 is 1.57 bits per heavy atom. The molecule has 1 aromatic carbocycles. The third kappa shape index (κ3) is 1.81. The van der Waals surface area contributed by atoms with Crippen molar-refractivity contribution in [3.63, 3.8) is 0 Å². The molecule has 2 rings (SSSR count). The van der Waals surface area contributed by atoms with E-state index in [-0.39, 0.29) is 6.04 Å². The van der Waals surface area contributed by atoms with Crippen molar-refractivity contribution in [2.24, 2.45) is 5.73 Å². The Morgan fingerprint density at radius 3 is 3.00 bits per heavy atom. The van der Waals surface area contributed by atoms with Gasteiger partial charge in [0.2, 0.25) is 0 Å². The average Bonchev–Trinajstić information content (AvgIpc) is 2.47. The molecular formula is C10H12BrN3. The normalized spacial score (nSPS) is 13.4. The van der Waals surface area contributed by atoms with Gasteiger partial charge < -0.3 is 10.7 Å². The predicted octanol–water partition coefficient (Wildman–Crippen LogP) is 2.22. The fraction of sp³-hybridized carbons (Fsp3) is 0.300. The number of nitrogens with one attached hydrogen (secondary N) is 1. The number of aromatic nitrogens is 2. The van der Waals surface area contributed by atoms with E-state index >= 15 is 0 Å². The van der Waals surface area contributed by atoms with Crippen LogP contribution in [0, 0.1) is 0 Å². The van der Waals surface area contributed by atoms with Crippen LogP contribution >= 0.6 is 15.9 Å². The smallest absolute Gasteiger partial charge is 0.108 e. The van der Waals surface area contributed by atoms with E-state index in [4.69, 9.17) is 5.73 Å². The Hall–Kier alpha value is -0.870. The van der Waals surface area contributed by atoms with Gasteiger partial charge in [-0.15, -0.1) is 0 Å². The van der Waals surface area contributed by atoms with Crippen LogP contribution in [0.15, 0.2) is 22.7 Å². The van der Waals surface area contributed by atoms with Gasteiger partial charge in [0, 0.05) is 16.9 Å². The van der Waals surface area contributed by atoms with Crippen LogP contribution in [0.1, 0.15) is 12.7 Å². The molecular weight excluding hydrogens is 242 g/mol. The summed E-state index contributed by atoms with van der Waals surface area (Å²) < 4.78 is 1.02. The number of fused-ring (bicyclic) bond motifs is 1. The second-order valence-corrected chi connectivity index (χ2v) is 4.36. The zero-order chi connectivity index (χ0) is 10.1. The maximum absolute atomic E-state index is 5.71. The van der Waals surface area contributed by atoms with Crippen LogP contribution in [-0.4, -0.2) is 16.0 Å². The van der Waals surface area contributed by atoms with Crippen molar-refractivity contribution in [1.82, 2.24) is 9.97 Å². The SMILES string of the molecule is CC(N)Cc1nc2c(Br)cccc2[nH]1. The average molecular weight is 254 g/mol. The van der Waals surface area contributed by atoms with Crippen molar-refractivity contribution in [3.05, 3.63) is 28.5 Å². The number of halogens is 1. The number of H-pyrrole nitrogens is 1. The number of nitrogens with zero attached hydrogens (tertiary/aromatic N) is 1. The van der Waals surface area contributed by atoms with Crippen molar-refractivity contribution in [2.45, 2.75) is 19.4 Å². The van der Waals surface area contributed by atoms with E-state index in [1.807, 2.05) is 25.1 Å². The molecule has 3 N–H and O–H groups in total. The molecule has 0 saturated heterocycles. The molecule has 0 aliphatic heterocycles. The monoisotopic (exact) mass is 253 g/mol. The highest BCUT2D eigenvalue weighted by atomic mass is 79.9. The topological polar surface area (TPSA) is 54.7 Å². The Labute approximate surface area is 90.8 Å². The van der Waals surface area contributed by atoms with E-state index in [0.29, 0.717) is 0 Å². The van der Waals surface area contributed by atoms with Crippen LogP contribution in [0.4, 0.5) is 0 Å². The minimum atomic E-state index is 0.134. The number of hydrogen-bond acceptors (Lipinski definition) is 2. The van der Waals surface area contributed by atoms with Crippen molar-refractivity contribution in [1.29, 1.82) is 0 Å². The molecule has 0 bridgehead atoms. The minimum Gasteiger partial charge on any atom is -0.342 e. The second-order valence-electron chi connectivity index (χ2n) is 3.50. The summed E-state index contributed by atoms with van der Waals surface area (Å²) in [5.41, 5.74) is 7.74. The summed E-state index contributed by atoms with van der Waals surface area (Å²) in [6, 6.07) is 6.12. The summed E-state index contributed by atoms with van der Waals surface area (Å²) in [7, 11) is 0. The fourth-order valence-electron chi connectivity index (χ4n) is 1.45. The highest BCUT2D eigenvalue weighted by Crippen LogP contribution is 2.21. The highest BCUT2D eigenvalue weighted by molar-refractivity contribution is 9.10.